The zero-order chi connectivity index (χ0) is 14.1. The fraction of sp³-hybridized carbons (Fsp3) is 0.500. The molecule has 0 atom stereocenters. The van der Waals surface area contributed by atoms with Gasteiger partial charge in [-0.05, 0) is 18.6 Å². The van der Waals surface area contributed by atoms with Gasteiger partial charge in [-0.15, -0.1) is 0 Å². The summed E-state index contributed by atoms with van der Waals surface area (Å²) >= 11 is 0. The number of unbranched alkanes of at least 4 members (excludes halogenated alkanes) is 3. The molecule has 0 spiro atoms. The van der Waals surface area contributed by atoms with Crippen LogP contribution >= 0.6 is 0 Å². The van der Waals surface area contributed by atoms with E-state index in [1.165, 1.54) is 4.90 Å². The summed E-state index contributed by atoms with van der Waals surface area (Å²) in [5, 5.41) is 0. The van der Waals surface area contributed by atoms with Gasteiger partial charge < -0.3 is 0 Å². The summed E-state index contributed by atoms with van der Waals surface area (Å²) in [6, 6.07) is 9.01. The Hall–Kier alpha value is -1.64. The highest BCUT2D eigenvalue weighted by molar-refractivity contribution is 6.04. The molecule has 0 aliphatic heterocycles. The number of hydrogen-bond donors (Lipinski definition) is 0. The van der Waals surface area contributed by atoms with Crippen molar-refractivity contribution in [1.29, 1.82) is 0 Å². The first kappa shape index (κ1) is 15.4. The molecular formula is C16H23NO2. The predicted molar refractivity (Wildman–Crippen MR) is 76.9 cm³/mol. The molecule has 0 unspecified atom stereocenters. The largest absolute Gasteiger partial charge is 0.279 e. The first-order chi connectivity index (χ1) is 9.20. The SMILES string of the molecule is CCCCCCN(C(=O)CC)C(=O)c1ccccc1. The molecule has 1 rings (SSSR count). The van der Waals surface area contributed by atoms with E-state index in [1.807, 2.05) is 18.2 Å². The molecule has 1 aromatic rings. The molecule has 104 valence electrons. The molecule has 19 heavy (non-hydrogen) atoms. The molecule has 0 bridgehead atoms. The van der Waals surface area contributed by atoms with E-state index in [0.717, 1.165) is 25.7 Å². The molecule has 0 aromatic heterocycles. The van der Waals surface area contributed by atoms with Crippen LogP contribution in [0.3, 0.4) is 0 Å². The minimum absolute atomic E-state index is 0.0923. The second-order valence-corrected chi connectivity index (χ2v) is 4.63. The van der Waals surface area contributed by atoms with E-state index in [1.54, 1.807) is 19.1 Å². The summed E-state index contributed by atoms with van der Waals surface area (Å²) in [4.78, 5) is 25.6. The van der Waals surface area contributed by atoms with Gasteiger partial charge in [-0.1, -0.05) is 51.3 Å². The van der Waals surface area contributed by atoms with E-state index >= 15 is 0 Å². The van der Waals surface area contributed by atoms with E-state index in [2.05, 4.69) is 6.92 Å². The van der Waals surface area contributed by atoms with Crippen molar-refractivity contribution in [1.82, 2.24) is 4.90 Å². The number of nitrogens with zero attached hydrogens (tertiary/aromatic N) is 1. The molecule has 0 radical (unpaired) electrons. The first-order valence-corrected chi connectivity index (χ1v) is 7.10. The standard InChI is InChI=1S/C16H23NO2/c1-3-5-6-10-13-17(15(18)4-2)16(19)14-11-8-7-9-12-14/h7-9,11-12H,3-6,10,13H2,1-2H3. The van der Waals surface area contributed by atoms with Gasteiger partial charge in [0, 0.05) is 18.5 Å². The Balaban J connectivity index is 2.68. The van der Waals surface area contributed by atoms with Gasteiger partial charge in [0.05, 0.1) is 0 Å². The second kappa shape index (κ2) is 8.46. The Labute approximate surface area is 115 Å². The number of carbonyl (C=O) groups excluding carboxylic acids is 2. The van der Waals surface area contributed by atoms with Gasteiger partial charge in [-0.2, -0.15) is 0 Å². The van der Waals surface area contributed by atoms with Gasteiger partial charge >= 0.3 is 0 Å². The Morgan fingerprint density at radius 1 is 1.00 bits per heavy atom. The van der Waals surface area contributed by atoms with Crippen LogP contribution in [0.15, 0.2) is 30.3 Å². The molecule has 0 aliphatic carbocycles. The smallest absolute Gasteiger partial charge is 0.260 e. The van der Waals surface area contributed by atoms with Gasteiger partial charge in [0.25, 0.3) is 5.91 Å². The fourth-order valence-electron chi connectivity index (χ4n) is 1.96. The predicted octanol–water partition coefficient (Wildman–Crippen LogP) is 3.65. The van der Waals surface area contributed by atoms with Crippen LogP contribution in [0.2, 0.25) is 0 Å². The monoisotopic (exact) mass is 261 g/mol. The molecule has 0 fully saturated rings. The highest BCUT2D eigenvalue weighted by Crippen LogP contribution is 2.09. The lowest BCUT2D eigenvalue weighted by Crippen LogP contribution is -2.37. The molecule has 1 aromatic carbocycles. The molecule has 2 amide bonds. The van der Waals surface area contributed by atoms with Crippen LogP contribution in [0.25, 0.3) is 0 Å². The highest BCUT2D eigenvalue weighted by atomic mass is 16.2. The number of imide groups is 1. The zero-order valence-corrected chi connectivity index (χ0v) is 11.9. The van der Waals surface area contributed by atoms with Crippen molar-refractivity contribution in [3.8, 4) is 0 Å². The summed E-state index contributed by atoms with van der Waals surface area (Å²) in [5.41, 5.74) is 0.583. The number of hydrogen-bond acceptors (Lipinski definition) is 2. The maximum absolute atomic E-state index is 12.3. The molecule has 0 N–H and O–H groups in total. The van der Waals surface area contributed by atoms with E-state index in [9.17, 15) is 9.59 Å². The van der Waals surface area contributed by atoms with Gasteiger partial charge in [-0.3, -0.25) is 14.5 Å². The first-order valence-electron chi connectivity index (χ1n) is 7.10. The number of benzene rings is 1. The molecular weight excluding hydrogens is 238 g/mol. The van der Waals surface area contributed by atoms with Gasteiger partial charge in [0.15, 0.2) is 0 Å². The lowest BCUT2D eigenvalue weighted by molar-refractivity contribution is -0.128. The normalized spacial score (nSPS) is 10.2. The lowest BCUT2D eigenvalue weighted by Gasteiger charge is -2.20. The topological polar surface area (TPSA) is 37.4 Å². The summed E-state index contributed by atoms with van der Waals surface area (Å²) in [6.45, 7) is 4.46. The fourth-order valence-corrected chi connectivity index (χ4v) is 1.96. The average Bonchev–Trinajstić information content (AvgIpc) is 2.47. The van der Waals surface area contributed by atoms with Crippen molar-refractivity contribution in [3.05, 3.63) is 35.9 Å². The summed E-state index contributed by atoms with van der Waals surface area (Å²) in [7, 11) is 0. The lowest BCUT2D eigenvalue weighted by atomic mass is 10.1. The van der Waals surface area contributed by atoms with Crippen LogP contribution < -0.4 is 0 Å². The van der Waals surface area contributed by atoms with Crippen LogP contribution in [0.4, 0.5) is 0 Å². The number of carbonyl (C=O) groups is 2. The summed E-state index contributed by atoms with van der Waals surface area (Å²) in [5.74, 6) is -0.269. The maximum Gasteiger partial charge on any atom is 0.260 e. The Bertz CT molecular complexity index is 400. The van der Waals surface area contributed by atoms with E-state index in [0.29, 0.717) is 18.5 Å². The van der Waals surface area contributed by atoms with Crippen molar-refractivity contribution >= 4 is 11.8 Å². The third-order valence-corrected chi connectivity index (χ3v) is 3.10. The van der Waals surface area contributed by atoms with Crippen LogP contribution in [0.1, 0.15) is 56.3 Å². The molecule has 0 saturated carbocycles. The van der Waals surface area contributed by atoms with Gasteiger partial charge in [0.1, 0.15) is 0 Å². The minimum Gasteiger partial charge on any atom is -0.279 e. The molecule has 3 nitrogen and oxygen atoms in total. The van der Waals surface area contributed by atoms with Crippen molar-refractivity contribution in [2.24, 2.45) is 0 Å². The van der Waals surface area contributed by atoms with Crippen molar-refractivity contribution in [3.63, 3.8) is 0 Å². The molecule has 0 aliphatic rings. The van der Waals surface area contributed by atoms with Crippen LogP contribution in [0.5, 0.6) is 0 Å². The summed E-state index contributed by atoms with van der Waals surface area (Å²) in [6.07, 6.45) is 4.61. The van der Waals surface area contributed by atoms with E-state index in [-0.39, 0.29) is 11.8 Å². The van der Waals surface area contributed by atoms with Crippen molar-refractivity contribution in [2.45, 2.75) is 46.0 Å². The number of amides is 2. The number of rotatable bonds is 7. The average molecular weight is 261 g/mol. The zero-order valence-electron chi connectivity index (χ0n) is 11.9. The van der Waals surface area contributed by atoms with E-state index < -0.39 is 0 Å². The Morgan fingerprint density at radius 3 is 2.26 bits per heavy atom. The maximum atomic E-state index is 12.3. The minimum atomic E-state index is -0.177. The van der Waals surface area contributed by atoms with Crippen LogP contribution in [-0.2, 0) is 4.79 Å². The van der Waals surface area contributed by atoms with Gasteiger partial charge in [0.2, 0.25) is 5.91 Å². The third kappa shape index (κ3) is 4.86. The Kier molecular flexibility index (Phi) is 6.86. The van der Waals surface area contributed by atoms with Crippen molar-refractivity contribution < 1.29 is 9.59 Å². The second-order valence-electron chi connectivity index (χ2n) is 4.63. The van der Waals surface area contributed by atoms with Crippen LogP contribution in [-0.4, -0.2) is 23.3 Å². The summed E-state index contributed by atoms with van der Waals surface area (Å²) < 4.78 is 0. The Morgan fingerprint density at radius 2 is 1.68 bits per heavy atom. The third-order valence-electron chi connectivity index (χ3n) is 3.10. The molecule has 0 saturated heterocycles. The highest BCUT2D eigenvalue weighted by Gasteiger charge is 2.20. The van der Waals surface area contributed by atoms with Gasteiger partial charge in [-0.25, -0.2) is 0 Å². The van der Waals surface area contributed by atoms with Crippen molar-refractivity contribution in [2.75, 3.05) is 6.54 Å². The van der Waals surface area contributed by atoms with Crippen LogP contribution in [0, 0.1) is 0 Å². The molecule has 3 heteroatoms. The quantitative estimate of drug-likeness (QED) is 0.703. The van der Waals surface area contributed by atoms with E-state index in [4.69, 9.17) is 0 Å². The molecule has 0 heterocycles.